The molecule has 112 valence electrons. The van der Waals surface area contributed by atoms with Gasteiger partial charge >= 0.3 is 0 Å². The fraction of sp³-hybridized carbons (Fsp3) is 0.438. The minimum absolute atomic E-state index is 0.0173. The molecule has 1 aliphatic heterocycles. The van der Waals surface area contributed by atoms with E-state index < -0.39 is 0 Å². The molecule has 5 heteroatoms. The van der Waals surface area contributed by atoms with Crippen molar-refractivity contribution >= 4 is 16.5 Å². The van der Waals surface area contributed by atoms with Gasteiger partial charge in [0.25, 0.3) is 0 Å². The van der Waals surface area contributed by atoms with Crippen LogP contribution in [-0.4, -0.2) is 29.3 Å². The summed E-state index contributed by atoms with van der Waals surface area (Å²) < 4.78 is 6.06. The molecule has 1 aliphatic rings. The quantitative estimate of drug-likeness (QED) is 0.943. The van der Waals surface area contributed by atoms with Crippen molar-refractivity contribution in [2.45, 2.75) is 32.5 Å². The van der Waals surface area contributed by atoms with Gasteiger partial charge in [-0.3, -0.25) is 0 Å². The van der Waals surface area contributed by atoms with Crippen LogP contribution >= 0.6 is 11.3 Å². The first kappa shape index (κ1) is 14.4. The van der Waals surface area contributed by atoms with Crippen molar-refractivity contribution in [1.82, 2.24) is 4.98 Å². The summed E-state index contributed by atoms with van der Waals surface area (Å²) in [7, 11) is 0. The lowest BCUT2D eigenvalue weighted by molar-refractivity contribution is 0.171. The number of aliphatic hydroxyl groups excluding tert-OH is 1. The van der Waals surface area contributed by atoms with Gasteiger partial charge in [-0.1, -0.05) is 12.1 Å². The van der Waals surface area contributed by atoms with Crippen LogP contribution in [0.25, 0.3) is 0 Å². The van der Waals surface area contributed by atoms with Gasteiger partial charge in [0.05, 0.1) is 12.3 Å². The highest BCUT2D eigenvalue weighted by Crippen LogP contribution is 2.26. The van der Waals surface area contributed by atoms with Crippen LogP contribution in [0.2, 0.25) is 0 Å². The molecule has 0 radical (unpaired) electrons. The second-order valence-corrected chi connectivity index (χ2v) is 6.24. The fourth-order valence-corrected chi connectivity index (χ4v) is 3.43. The van der Waals surface area contributed by atoms with Gasteiger partial charge in [0.1, 0.15) is 11.9 Å². The van der Waals surface area contributed by atoms with E-state index in [2.05, 4.69) is 28.9 Å². The smallest absolute Gasteiger partial charge is 0.185 e. The van der Waals surface area contributed by atoms with Crippen LogP contribution in [0.15, 0.2) is 29.6 Å². The van der Waals surface area contributed by atoms with Crippen LogP contribution in [0.4, 0.5) is 5.13 Å². The highest BCUT2D eigenvalue weighted by Gasteiger charge is 2.22. The molecule has 0 saturated carbocycles. The van der Waals surface area contributed by atoms with Crippen LogP contribution < -0.4 is 9.64 Å². The van der Waals surface area contributed by atoms with Gasteiger partial charge in [-0.2, -0.15) is 0 Å². The van der Waals surface area contributed by atoms with E-state index in [4.69, 9.17) is 9.84 Å². The van der Waals surface area contributed by atoms with Crippen molar-refractivity contribution in [1.29, 1.82) is 0 Å². The van der Waals surface area contributed by atoms with E-state index in [1.807, 2.05) is 17.5 Å². The van der Waals surface area contributed by atoms with Crippen LogP contribution in [0.5, 0.6) is 5.75 Å². The Hall–Kier alpha value is -1.59. The van der Waals surface area contributed by atoms with E-state index in [-0.39, 0.29) is 12.7 Å². The summed E-state index contributed by atoms with van der Waals surface area (Å²) >= 11 is 1.60. The maximum Gasteiger partial charge on any atom is 0.185 e. The van der Waals surface area contributed by atoms with Crippen molar-refractivity contribution in [3.63, 3.8) is 0 Å². The molecule has 0 unspecified atom stereocenters. The Bertz CT molecular complexity index is 591. The van der Waals surface area contributed by atoms with Gasteiger partial charge in [-0.05, 0) is 24.6 Å². The first-order valence-electron chi connectivity index (χ1n) is 7.28. The summed E-state index contributed by atoms with van der Waals surface area (Å²) in [5.74, 6) is 0.963. The molecule has 0 bridgehead atoms. The molecule has 1 fully saturated rings. The van der Waals surface area contributed by atoms with Crippen molar-refractivity contribution in [3.8, 4) is 5.75 Å². The third-order valence-corrected chi connectivity index (χ3v) is 4.66. The lowest BCUT2D eigenvalue weighted by Gasteiger charge is -2.32. The molecule has 2 aromatic rings. The molecule has 0 aliphatic carbocycles. The number of piperidine rings is 1. The predicted octanol–water partition coefficient (Wildman–Crippen LogP) is 2.99. The molecular weight excluding hydrogens is 284 g/mol. The number of thiazole rings is 1. The van der Waals surface area contributed by atoms with E-state index in [1.54, 1.807) is 11.3 Å². The summed E-state index contributed by atoms with van der Waals surface area (Å²) in [6.07, 6.45) is 2.28. The predicted molar refractivity (Wildman–Crippen MR) is 85.1 cm³/mol. The van der Waals surface area contributed by atoms with Crippen molar-refractivity contribution in [2.75, 3.05) is 18.0 Å². The maximum absolute atomic E-state index is 9.08. The number of aliphatic hydroxyl groups is 1. The zero-order valence-electron chi connectivity index (χ0n) is 12.2. The van der Waals surface area contributed by atoms with Gasteiger partial charge in [0, 0.05) is 31.3 Å². The Morgan fingerprint density at radius 1 is 1.38 bits per heavy atom. The topological polar surface area (TPSA) is 45.6 Å². The van der Waals surface area contributed by atoms with E-state index in [1.165, 1.54) is 5.56 Å². The lowest BCUT2D eigenvalue weighted by atomic mass is 10.1. The highest BCUT2D eigenvalue weighted by atomic mass is 32.1. The van der Waals surface area contributed by atoms with Gasteiger partial charge in [-0.15, -0.1) is 11.3 Å². The molecule has 1 aromatic carbocycles. The molecule has 21 heavy (non-hydrogen) atoms. The van der Waals surface area contributed by atoms with E-state index in [0.29, 0.717) is 0 Å². The molecular formula is C16H20N2O2S. The average Bonchev–Trinajstić information content (AvgIpc) is 2.97. The van der Waals surface area contributed by atoms with Crippen molar-refractivity contribution in [3.05, 3.63) is 40.9 Å². The van der Waals surface area contributed by atoms with Gasteiger partial charge in [-0.25, -0.2) is 4.98 Å². The molecule has 3 rings (SSSR count). The van der Waals surface area contributed by atoms with E-state index in [9.17, 15) is 0 Å². The number of nitrogens with zero attached hydrogens (tertiary/aromatic N) is 2. The second kappa shape index (κ2) is 6.45. The zero-order valence-corrected chi connectivity index (χ0v) is 13.0. The standard InChI is InChI=1S/C16H20N2O2S/c1-12-3-2-4-15(9-12)20-14-5-7-18(8-6-14)16-17-13(10-19)11-21-16/h2-4,9,11,14,19H,5-8,10H2,1H3. The number of benzene rings is 1. The molecule has 0 amide bonds. The summed E-state index contributed by atoms with van der Waals surface area (Å²) in [6, 6.07) is 8.22. The molecule has 4 nitrogen and oxygen atoms in total. The average molecular weight is 304 g/mol. The van der Waals surface area contributed by atoms with Crippen molar-refractivity contribution in [2.24, 2.45) is 0 Å². The van der Waals surface area contributed by atoms with Gasteiger partial charge in [0.2, 0.25) is 0 Å². The number of aromatic nitrogens is 1. The highest BCUT2D eigenvalue weighted by molar-refractivity contribution is 7.13. The largest absolute Gasteiger partial charge is 0.490 e. The first-order chi connectivity index (χ1) is 10.2. The lowest BCUT2D eigenvalue weighted by Crippen LogP contribution is -2.38. The summed E-state index contributed by atoms with van der Waals surface area (Å²) in [5, 5.41) is 12.0. The zero-order chi connectivity index (χ0) is 14.7. The van der Waals surface area contributed by atoms with Crippen LogP contribution in [0.3, 0.4) is 0 Å². The maximum atomic E-state index is 9.08. The Labute approximate surface area is 129 Å². The van der Waals surface area contributed by atoms with Gasteiger partial charge < -0.3 is 14.7 Å². The minimum Gasteiger partial charge on any atom is -0.490 e. The number of rotatable bonds is 4. The number of aryl methyl sites for hydroxylation is 1. The number of hydrogen-bond acceptors (Lipinski definition) is 5. The number of hydrogen-bond donors (Lipinski definition) is 1. The van der Waals surface area contributed by atoms with E-state index in [0.717, 1.165) is 42.5 Å². The Kier molecular flexibility index (Phi) is 4.41. The molecule has 2 heterocycles. The molecule has 1 saturated heterocycles. The number of ether oxygens (including phenoxy) is 1. The van der Waals surface area contributed by atoms with E-state index >= 15 is 0 Å². The summed E-state index contributed by atoms with van der Waals surface area (Å²) in [4.78, 5) is 6.70. The monoisotopic (exact) mass is 304 g/mol. The minimum atomic E-state index is 0.0173. The Balaban J connectivity index is 1.55. The van der Waals surface area contributed by atoms with Crippen LogP contribution in [0, 0.1) is 6.92 Å². The summed E-state index contributed by atoms with van der Waals surface area (Å²) in [6.45, 7) is 4.00. The van der Waals surface area contributed by atoms with Crippen LogP contribution in [-0.2, 0) is 6.61 Å². The molecule has 1 N–H and O–H groups in total. The SMILES string of the molecule is Cc1cccc(OC2CCN(c3nc(CO)cs3)CC2)c1. The third kappa shape index (κ3) is 3.54. The second-order valence-electron chi connectivity index (χ2n) is 5.40. The number of anilines is 1. The first-order valence-corrected chi connectivity index (χ1v) is 8.16. The van der Waals surface area contributed by atoms with Crippen molar-refractivity contribution < 1.29 is 9.84 Å². The fourth-order valence-electron chi connectivity index (χ4n) is 2.56. The molecule has 0 spiro atoms. The molecule has 1 aromatic heterocycles. The Morgan fingerprint density at radius 3 is 2.86 bits per heavy atom. The summed E-state index contributed by atoms with van der Waals surface area (Å²) in [5.41, 5.74) is 1.98. The molecule has 0 atom stereocenters. The van der Waals surface area contributed by atoms with Gasteiger partial charge in [0.15, 0.2) is 5.13 Å². The Morgan fingerprint density at radius 2 is 2.19 bits per heavy atom. The normalized spacial score (nSPS) is 16.2. The third-order valence-electron chi connectivity index (χ3n) is 3.71. The van der Waals surface area contributed by atoms with Crippen LogP contribution in [0.1, 0.15) is 24.1 Å².